The van der Waals surface area contributed by atoms with Crippen LogP contribution in [0.4, 0.5) is 24.5 Å². The number of alkyl halides is 3. The molecule has 0 atom stereocenters. The average molecular weight is 480 g/mol. The maximum Gasteiger partial charge on any atom is 0.393 e. The average Bonchev–Trinajstić information content (AvgIpc) is 3.06. The number of benzene rings is 2. The topological polar surface area (TPSA) is 50.4 Å². The molecule has 9 heteroatoms. The molecule has 0 unspecified atom stereocenters. The van der Waals surface area contributed by atoms with Gasteiger partial charge in [-0.1, -0.05) is 24.0 Å². The number of hydrogen-bond donors (Lipinski definition) is 2. The lowest BCUT2D eigenvalue weighted by atomic mass is 10.1. The minimum absolute atomic E-state index is 0.200. The largest absolute Gasteiger partial charge is 0.495 e. The molecule has 0 aliphatic carbocycles. The van der Waals surface area contributed by atoms with Gasteiger partial charge in [-0.2, -0.15) is 13.2 Å². The van der Waals surface area contributed by atoms with E-state index in [4.69, 9.17) is 4.74 Å². The van der Waals surface area contributed by atoms with Gasteiger partial charge in [0.15, 0.2) is 0 Å². The van der Waals surface area contributed by atoms with Gasteiger partial charge in [-0.25, -0.2) is 0 Å². The Bertz CT molecular complexity index is 1240. The van der Waals surface area contributed by atoms with Crippen molar-refractivity contribution in [1.82, 2.24) is 0 Å². The van der Waals surface area contributed by atoms with Gasteiger partial charge in [0, 0.05) is 12.4 Å². The van der Waals surface area contributed by atoms with E-state index in [0.717, 1.165) is 10.4 Å². The number of thiophene rings is 1. The lowest BCUT2D eigenvalue weighted by Gasteiger charge is -2.13. The van der Waals surface area contributed by atoms with Crippen LogP contribution in [0.1, 0.15) is 10.4 Å². The van der Waals surface area contributed by atoms with Gasteiger partial charge < -0.3 is 19.9 Å². The molecule has 0 spiro atoms. The highest BCUT2D eigenvalue weighted by atomic mass is 32.1. The van der Waals surface area contributed by atoms with Crippen LogP contribution in [0.15, 0.2) is 36.4 Å². The van der Waals surface area contributed by atoms with Gasteiger partial charge in [-0.15, -0.1) is 11.3 Å². The third kappa shape index (κ3) is 5.59. The Kier molecular flexibility index (Phi) is 7.12. The van der Waals surface area contributed by atoms with Crippen molar-refractivity contribution < 1.29 is 22.5 Å². The van der Waals surface area contributed by atoms with Crippen molar-refractivity contribution in [2.45, 2.75) is 12.6 Å². The van der Waals surface area contributed by atoms with Gasteiger partial charge in [-0.3, -0.25) is 0 Å². The lowest BCUT2D eigenvalue weighted by Crippen LogP contribution is -2.12. The Morgan fingerprint density at radius 1 is 1.16 bits per heavy atom. The SMILES string of the molecule is CNc1cccc2c(CC(F)(F)F)c(C#CCNc3ccc(P(C)(C)=O)cc3OC)sc12. The van der Waals surface area contributed by atoms with Crippen molar-refractivity contribution in [1.29, 1.82) is 0 Å². The highest BCUT2D eigenvalue weighted by Gasteiger charge is 2.31. The summed E-state index contributed by atoms with van der Waals surface area (Å²) >= 11 is 1.25. The molecule has 0 bridgehead atoms. The minimum atomic E-state index is -4.33. The summed E-state index contributed by atoms with van der Waals surface area (Å²) in [5.74, 6) is 6.37. The number of halogens is 3. The summed E-state index contributed by atoms with van der Waals surface area (Å²) in [6.45, 7) is 3.58. The van der Waals surface area contributed by atoms with Crippen molar-refractivity contribution >= 4 is 45.2 Å². The summed E-state index contributed by atoms with van der Waals surface area (Å²) in [5.41, 5.74) is 1.64. The fourth-order valence-corrected chi connectivity index (χ4v) is 5.34. The summed E-state index contributed by atoms with van der Waals surface area (Å²) in [6.07, 6.45) is -5.35. The molecule has 4 nitrogen and oxygen atoms in total. The molecule has 170 valence electrons. The van der Waals surface area contributed by atoms with Crippen LogP contribution >= 0.6 is 18.5 Å². The normalized spacial score (nSPS) is 11.7. The van der Waals surface area contributed by atoms with Gasteiger partial charge in [0.1, 0.15) is 12.9 Å². The predicted octanol–water partition coefficient (Wildman–Crippen LogP) is 5.77. The lowest BCUT2D eigenvalue weighted by molar-refractivity contribution is -0.126. The highest BCUT2D eigenvalue weighted by Crippen LogP contribution is 2.39. The molecule has 32 heavy (non-hydrogen) atoms. The van der Waals surface area contributed by atoms with E-state index in [1.807, 2.05) is 6.07 Å². The monoisotopic (exact) mass is 480 g/mol. The minimum Gasteiger partial charge on any atom is -0.495 e. The molecule has 0 amide bonds. The first-order valence-corrected chi connectivity index (χ1v) is 13.2. The second-order valence-corrected chi connectivity index (χ2v) is 11.8. The Balaban J connectivity index is 1.88. The van der Waals surface area contributed by atoms with Crippen LogP contribution < -0.4 is 20.7 Å². The molecule has 1 aromatic heterocycles. The number of hydrogen-bond acceptors (Lipinski definition) is 5. The predicted molar refractivity (Wildman–Crippen MR) is 129 cm³/mol. The van der Waals surface area contributed by atoms with Crippen molar-refractivity contribution in [3.63, 3.8) is 0 Å². The molecule has 3 rings (SSSR count). The first kappa shape index (κ1) is 24.0. The van der Waals surface area contributed by atoms with Crippen LogP contribution in [-0.4, -0.2) is 40.2 Å². The fourth-order valence-electron chi connectivity index (χ4n) is 3.27. The molecule has 0 aliphatic heterocycles. The maximum absolute atomic E-state index is 13.2. The summed E-state index contributed by atoms with van der Waals surface area (Å²) in [5, 5.41) is 7.41. The Labute approximate surface area is 189 Å². The van der Waals surface area contributed by atoms with Crippen LogP contribution in [-0.2, 0) is 11.0 Å². The zero-order chi connectivity index (χ0) is 23.5. The van der Waals surface area contributed by atoms with Crippen LogP contribution in [0.25, 0.3) is 10.1 Å². The summed E-state index contributed by atoms with van der Waals surface area (Å²) in [4.78, 5) is 0.405. The maximum atomic E-state index is 13.2. The van der Waals surface area contributed by atoms with Crippen molar-refractivity contribution in [3.05, 3.63) is 46.8 Å². The smallest absolute Gasteiger partial charge is 0.393 e. The molecular weight excluding hydrogens is 456 g/mol. The van der Waals surface area contributed by atoms with E-state index in [1.54, 1.807) is 50.7 Å². The fraction of sp³-hybridized carbons (Fsp3) is 0.304. The molecule has 2 aromatic carbocycles. The van der Waals surface area contributed by atoms with E-state index in [9.17, 15) is 17.7 Å². The zero-order valence-corrected chi connectivity index (χ0v) is 19.9. The first-order valence-electron chi connectivity index (χ1n) is 9.78. The van der Waals surface area contributed by atoms with Crippen molar-refractivity contribution in [2.75, 3.05) is 44.7 Å². The van der Waals surface area contributed by atoms with E-state index in [-0.39, 0.29) is 12.1 Å². The van der Waals surface area contributed by atoms with E-state index in [2.05, 4.69) is 22.5 Å². The quantitative estimate of drug-likeness (QED) is 0.348. The van der Waals surface area contributed by atoms with Gasteiger partial charge in [0.2, 0.25) is 0 Å². The second-order valence-electron chi connectivity index (χ2n) is 7.52. The second kappa shape index (κ2) is 9.48. The molecule has 1 heterocycles. The van der Waals surface area contributed by atoms with E-state index in [1.165, 1.54) is 18.4 Å². The molecule has 0 saturated carbocycles. The Morgan fingerprint density at radius 3 is 2.53 bits per heavy atom. The molecule has 0 saturated heterocycles. The third-order valence-corrected chi connectivity index (χ3v) is 7.56. The molecule has 2 N–H and O–H groups in total. The van der Waals surface area contributed by atoms with Gasteiger partial charge in [-0.05, 0) is 48.5 Å². The standard InChI is InChI=1S/C23H24F3N2O2PS/c1-27-19-8-5-7-16-17(14-23(24,25)26)21(32-22(16)19)9-6-12-28-18-11-10-15(31(3,4)29)13-20(18)30-2/h5,7-8,10-11,13,27-28H,12,14H2,1-4H3. The van der Waals surface area contributed by atoms with Gasteiger partial charge in [0.25, 0.3) is 0 Å². The summed E-state index contributed by atoms with van der Waals surface area (Å²) < 4.78 is 58.1. The Morgan fingerprint density at radius 2 is 1.91 bits per heavy atom. The van der Waals surface area contributed by atoms with E-state index >= 15 is 0 Å². The number of nitrogens with one attached hydrogen (secondary N) is 2. The van der Waals surface area contributed by atoms with Crippen LogP contribution in [0.2, 0.25) is 0 Å². The molecule has 3 aromatic rings. The number of methoxy groups -OCH3 is 1. The van der Waals surface area contributed by atoms with Crippen LogP contribution in [0.3, 0.4) is 0 Å². The molecule has 0 radical (unpaired) electrons. The summed E-state index contributed by atoms with van der Waals surface area (Å²) in [6, 6.07) is 10.5. The zero-order valence-electron chi connectivity index (χ0n) is 18.2. The summed E-state index contributed by atoms with van der Waals surface area (Å²) in [7, 11) is 0.832. The van der Waals surface area contributed by atoms with Crippen LogP contribution in [0, 0.1) is 11.8 Å². The molecule has 0 fully saturated rings. The van der Waals surface area contributed by atoms with Crippen molar-refractivity contribution in [2.24, 2.45) is 0 Å². The number of ether oxygens (including phenoxy) is 1. The third-order valence-electron chi connectivity index (χ3n) is 4.84. The van der Waals surface area contributed by atoms with Gasteiger partial charge in [0.05, 0.1) is 41.0 Å². The van der Waals surface area contributed by atoms with Gasteiger partial charge >= 0.3 is 6.18 Å². The Hall–Kier alpha value is -2.62. The van der Waals surface area contributed by atoms with Crippen molar-refractivity contribution in [3.8, 4) is 17.6 Å². The molecular formula is C23H24F3N2O2PS. The van der Waals surface area contributed by atoms with E-state index < -0.39 is 19.7 Å². The number of rotatable bonds is 6. The molecule has 0 aliphatic rings. The van der Waals surface area contributed by atoms with E-state index in [0.29, 0.717) is 27.0 Å². The van der Waals surface area contributed by atoms with Crippen LogP contribution in [0.5, 0.6) is 5.75 Å². The number of fused-ring (bicyclic) bond motifs is 1. The first-order chi connectivity index (χ1) is 15.0. The highest BCUT2D eigenvalue weighted by molar-refractivity contribution is 7.70. The number of anilines is 2.